The first kappa shape index (κ1) is 11.9. The molecule has 0 aromatic carbocycles. The van der Waals surface area contributed by atoms with Crippen LogP contribution in [0.4, 0.5) is 0 Å². The van der Waals surface area contributed by atoms with E-state index in [-0.39, 0.29) is 0 Å². The van der Waals surface area contributed by atoms with Crippen LogP contribution in [-0.2, 0) is 4.84 Å². The van der Waals surface area contributed by atoms with Gasteiger partial charge in [-0.25, -0.2) is 0 Å². The summed E-state index contributed by atoms with van der Waals surface area (Å²) in [6.07, 6.45) is 1.39. The SMILES string of the molecule is CCC(C)O[N+](C(C)C)C(C)C. The van der Waals surface area contributed by atoms with E-state index >= 15 is 0 Å². The van der Waals surface area contributed by atoms with Crippen molar-refractivity contribution < 1.29 is 4.84 Å². The highest BCUT2D eigenvalue weighted by atomic mass is 16.7. The molecule has 0 amide bonds. The van der Waals surface area contributed by atoms with E-state index in [4.69, 9.17) is 4.84 Å². The maximum absolute atomic E-state index is 5.76. The number of nitrogens with zero attached hydrogens (tertiary/aromatic N) is 1. The van der Waals surface area contributed by atoms with Crippen molar-refractivity contribution in [3.63, 3.8) is 0 Å². The van der Waals surface area contributed by atoms with Crippen molar-refractivity contribution in [3.8, 4) is 0 Å². The Bertz CT molecular complexity index is 104. The van der Waals surface area contributed by atoms with Gasteiger partial charge in [0.15, 0.2) is 12.1 Å². The molecule has 0 saturated carbocycles. The highest BCUT2D eigenvalue weighted by molar-refractivity contribution is 4.64. The van der Waals surface area contributed by atoms with Crippen molar-refractivity contribution in [2.24, 2.45) is 0 Å². The lowest BCUT2D eigenvalue weighted by Gasteiger charge is -2.19. The zero-order valence-corrected chi connectivity index (χ0v) is 9.29. The number of hydrogen-bond acceptors (Lipinski definition) is 2. The molecule has 1 unspecified atom stereocenters. The average molecular weight is 173 g/mol. The molecule has 0 aliphatic carbocycles. The standard InChI is InChI=1S/C10H23NO/c1-7-10(6)12-11(8(2)3)9(4)5/h8-10H,7H2,1-6H3/q+1. The molecule has 73 valence electrons. The van der Waals surface area contributed by atoms with Crippen LogP contribution in [0.5, 0.6) is 0 Å². The normalized spacial score (nSPS) is 14.8. The van der Waals surface area contributed by atoms with E-state index in [0.29, 0.717) is 18.2 Å². The number of hydrogen-bond donors (Lipinski definition) is 0. The minimum Gasteiger partial charge on any atom is -0.145 e. The van der Waals surface area contributed by atoms with E-state index < -0.39 is 0 Å². The first-order valence-corrected chi connectivity index (χ1v) is 4.94. The van der Waals surface area contributed by atoms with Gasteiger partial charge in [0, 0.05) is 0 Å². The first-order valence-electron chi connectivity index (χ1n) is 4.94. The zero-order chi connectivity index (χ0) is 9.72. The Morgan fingerprint density at radius 1 is 1.00 bits per heavy atom. The average Bonchev–Trinajstić information content (AvgIpc) is 1.98. The van der Waals surface area contributed by atoms with Crippen molar-refractivity contribution in [2.45, 2.75) is 66.2 Å². The second-order valence-corrected chi connectivity index (χ2v) is 3.87. The molecule has 0 rings (SSSR count). The predicted octanol–water partition coefficient (Wildman–Crippen LogP) is 2.67. The van der Waals surface area contributed by atoms with E-state index in [0.717, 1.165) is 6.42 Å². The fraction of sp³-hybridized carbons (Fsp3) is 1.00. The summed E-state index contributed by atoms with van der Waals surface area (Å²) in [6.45, 7) is 12.9. The number of hydroxylamine groups is 2. The summed E-state index contributed by atoms with van der Waals surface area (Å²) in [5.74, 6) is 0. The second kappa shape index (κ2) is 5.55. The molecule has 0 aromatic rings. The van der Waals surface area contributed by atoms with Crippen LogP contribution in [0.15, 0.2) is 0 Å². The molecular weight excluding hydrogens is 150 g/mol. The molecule has 0 bridgehead atoms. The van der Waals surface area contributed by atoms with Gasteiger partial charge >= 0.3 is 0 Å². The third-order valence-corrected chi connectivity index (χ3v) is 1.89. The Morgan fingerprint density at radius 2 is 1.42 bits per heavy atom. The quantitative estimate of drug-likeness (QED) is 0.461. The van der Waals surface area contributed by atoms with Crippen molar-refractivity contribution >= 4 is 0 Å². The molecular formula is C10H23NO+. The van der Waals surface area contributed by atoms with E-state index in [1.807, 2.05) is 0 Å². The summed E-state index contributed by atoms with van der Waals surface area (Å²) in [5, 5.41) is 2.06. The summed E-state index contributed by atoms with van der Waals surface area (Å²) in [5.41, 5.74) is 0. The molecule has 0 aliphatic rings. The molecule has 2 nitrogen and oxygen atoms in total. The molecule has 0 saturated heterocycles. The fourth-order valence-electron chi connectivity index (χ4n) is 1.12. The Morgan fingerprint density at radius 3 is 1.67 bits per heavy atom. The van der Waals surface area contributed by atoms with Crippen molar-refractivity contribution in [3.05, 3.63) is 0 Å². The van der Waals surface area contributed by atoms with E-state index in [1.165, 1.54) is 0 Å². The number of rotatable bonds is 5. The third-order valence-electron chi connectivity index (χ3n) is 1.89. The third kappa shape index (κ3) is 4.07. The van der Waals surface area contributed by atoms with Gasteiger partial charge in [0.2, 0.25) is 0 Å². The Kier molecular flexibility index (Phi) is 5.51. The Balaban J connectivity index is 3.95. The topological polar surface area (TPSA) is 15.1 Å². The van der Waals surface area contributed by atoms with Crippen LogP contribution in [0.3, 0.4) is 0 Å². The van der Waals surface area contributed by atoms with E-state index in [2.05, 4.69) is 46.6 Å². The van der Waals surface area contributed by atoms with Crippen LogP contribution in [0, 0.1) is 0 Å². The summed E-state index contributed by atoms with van der Waals surface area (Å²) in [4.78, 5) is 5.76. The van der Waals surface area contributed by atoms with Gasteiger partial charge in [0.05, 0.1) is 0 Å². The lowest BCUT2D eigenvalue weighted by molar-refractivity contribution is -0.146. The lowest BCUT2D eigenvalue weighted by Crippen LogP contribution is -2.44. The molecule has 12 heavy (non-hydrogen) atoms. The van der Waals surface area contributed by atoms with Crippen LogP contribution in [0.2, 0.25) is 0 Å². The molecule has 0 aromatic heterocycles. The molecule has 1 atom stereocenters. The fourth-order valence-corrected chi connectivity index (χ4v) is 1.12. The first-order chi connectivity index (χ1) is 5.49. The van der Waals surface area contributed by atoms with Gasteiger partial charge < -0.3 is 0 Å². The zero-order valence-electron chi connectivity index (χ0n) is 9.29. The van der Waals surface area contributed by atoms with Crippen LogP contribution < -0.4 is 5.06 Å². The van der Waals surface area contributed by atoms with Gasteiger partial charge in [-0.15, -0.1) is 4.84 Å². The monoisotopic (exact) mass is 173 g/mol. The molecule has 0 fully saturated rings. The van der Waals surface area contributed by atoms with E-state index in [9.17, 15) is 0 Å². The minimum absolute atomic E-state index is 0.329. The molecule has 0 spiro atoms. The minimum atomic E-state index is 0.329. The maximum atomic E-state index is 5.76. The van der Waals surface area contributed by atoms with Crippen LogP contribution >= 0.6 is 0 Å². The van der Waals surface area contributed by atoms with Crippen LogP contribution in [0.1, 0.15) is 48.0 Å². The van der Waals surface area contributed by atoms with Crippen molar-refractivity contribution in [2.75, 3.05) is 0 Å². The largest absolute Gasteiger partial charge is 0.164 e. The Labute approximate surface area is 76.9 Å². The molecule has 1 radical (unpaired) electrons. The maximum Gasteiger partial charge on any atom is 0.164 e. The summed E-state index contributed by atoms with van der Waals surface area (Å²) >= 11 is 0. The van der Waals surface area contributed by atoms with Crippen LogP contribution in [0.25, 0.3) is 0 Å². The second-order valence-electron chi connectivity index (χ2n) is 3.87. The molecule has 0 N–H and O–H groups in total. The summed E-state index contributed by atoms with van der Waals surface area (Å²) < 4.78 is 0. The predicted molar refractivity (Wildman–Crippen MR) is 53.2 cm³/mol. The van der Waals surface area contributed by atoms with Gasteiger partial charge in [-0.05, 0) is 46.1 Å². The van der Waals surface area contributed by atoms with Gasteiger partial charge in [-0.1, -0.05) is 6.92 Å². The lowest BCUT2D eigenvalue weighted by atomic mass is 10.3. The molecule has 0 heterocycles. The van der Waals surface area contributed by atoms with Crippen molar-refractivity contribution in [1.29, 1.82) is 0 Å². The molecule has 0 aliphatic heterocycles. The molecule has 2 heteroatoms. The smallest absolute Gasteiger partial charge is 0.145 e. The van der Waals surface area contributed by atoms with Gasteiger partial charge in [-0.2, -0.15) is 0 Å². The van der Waals surface area contributed by atoms with E-state index in [1.54, 1.807) is 0 Å². The van der Waals surface area contributed by atoms with Gasteiger partial charge in [0.1, 0.15) is 6.10 Å². The summed E-state index contributed by atoms with van der Waals surface area (Å²) in [6, 6.07) is 0.915. The highest BCUT2D eigenvalue weighted by Crippen LogP contribution is 2.06. The highest BCUT2D eigenvalue weighted by Gasteiger charge is 2.28. The van der Waals surface area contributed by atoms with Crippen LogP contribution in [-0.4, -0.2) is 18.2 Å². The summed E-state index contributed by atoms with van der Waals surface area (Å²) in [7, 11) is 0. The van der Waals surface area contributed by atoms with Gasteiger partial charge in [-0.3, -0.25) is 0 Å². The Hall–Kier alpha value is -0.0800. The van der Waals surface area contributed by atoms with Crippen molar-refractivity contribution in [1.82, 2.24) is 5.06 Å². The van der Waals surface area contributed by atoms with Gasteiger partial charge in [0.25, 0.3) is 0 Å².